The third kappa shape index (κ3) is 1.51. The van der Waals surface area contributed by atoms with E-state index in [1.165, 1.54) is 42.9 Å². The molecule has 2 aliphatic rings. The quantitative estimate of drug-likeness (QED) is 0.782. The Bertz CT molecular complexity index is 298. The normalized spacial score (nSPS) is 28.2. The summed E-state index contributed by atoms with van der Waals surface area (Å²) >= 11 is 1.86. The van der Waals surface area contributed by atoms with E-state index in [-0.39, 0.29) is 0 Å². The van der Waals surface area contributed by atoms with Crippen molar-refractivity contribution in [3.8, 4) is 0 Å². The molecule has 2 fully saturated rings. The van der Waals surface area contributed by atoms with E-state index in [1.54, 1.807) is 0 Å². The van der Waals surface area contributed by atoms with Crippen molar-refractivity contribution in [3.63, 3.8) is 0 Å². The van der Waals surface area contributed by atoms with Gasteiger partial charge in [0, 0.05) is 11.3 Å². The van der Waals surface area contributed by atoms with Crippen LogP contribution in [0.1, 0.15) is 48.3 Å². The average Bonchev–Trinajstić information content (AvgIpc) is 2.72. The standard InChI is InChI=1S/C10H14N2S/c1-2-8(11-5-1)9-6-13-10(12-9)7-3-4-7/h6-8,11H,1-5H2/t8-/m0/s1. The molecule has 2 nitrogen and oxygen atoms in total. The summed E-state index contributed by atoms with van der Waals surface area (Å²) in [7, 11) is 0. The Morgan fingerprint density at radius 2 is 2.31 bits per heavy atom. The van der Waals surface area contributed by atoms with Crippen molar-refractivity contribution < 1.29 is 0 Å². The van der Waals surface area contributed by atoms with Crippen LogP contribution >= 0.6 is 11.3 Å². The molecule has 1 aliphatic carbocycles. The highest BCUT2D eigenvalue weighted by Gasteiger charge is 2.28. The number of nitrogens with zero attached hydrogens (tertiary/aromatic N) is 1. The summed E-state index contributed by atoms with van der Waals surface area (Å²) in [5, 5.41) is 7.11. The van der Waals surface area contributed by atoms with Gasteiger partial charge in [-0.25, -0.2) is 4.98 Å². The van der Waals surface area contributed by atoms with Crippen molar-refractivity contribution in [1.82, 2.24) is 10.3 Å². The first-order chi connectivity index (χ1) is 6.43. The van der Waals surface area contributed by atoms with Gasteiger partial charge in [0.1, 0.15) is 0 Å². The summed E-state index contributed by atoms with van der Waals surface area (Å²) < 4.78 is 0. The molecular formula is C10H14N2S. The molecule has 1 aromatic heterocycles. The summed E-state index contributed by atoms with van der Waals surface area (Å²) in [5.41, 5.74) is 1.30. The van der Waals surface area contributed by atoms with Crippen LogP contribution in [-0.4, -0.2) is 11.5 Å². The second kappa shape index (κ2) is 3.07. The fourth-order valence-corrected chi connectivity index (χ4v) is 2.96. The zero-order chi connectivity index (χ0) is 8.67. The molecule has 70 valence electrons. The Hall–Kier alpha value is -0.410. The molecule has 1 saturated heterocycles. The Kier molecular flexibility index (Phi) is 1.87. The van der Waals surface area contributed by atoms with E-state index in [0.717, 1.165) is 5.92 Å². The molecule has 2 heterocycles. The van der Waals surface area contributed by atoms with Gasteiger partial charge in [0.15, 0.2) is 0 Å². The number of hydrogen-bond acceptors (Lipinski definition) is 3. The topological polar surface area (TPSA) is 24.9 Å². The number of thiazole rings is 1. The van der Waals surface area contributed by atoms with Crippen molar-refractivity contribution >= 4 is 11.3 Å². The van der Waals surface area contributed by atoms with E-state index in [0.29, 0.717) is 6.04 Å². The van der Waals surface area contributed by atoms with Crippen LogP contribution in [-0.2, 0) is 0 Å². The lowest BCUT2D eigenvalue weighted by Crippen LogP contribution is -2.13. The minimum Gasteiger partial charge on any atom is -0.309 e. The molecular weight excluding hydrogens is 180 g/mol. The van der Waals surface area contributed by atoms with Crippen LogP contribution in [0.4, 0.5) is 0 Å². The van der Waals surface area contributed by atoms with E-state index in [9.17, 15) is 0 Å². The van der Waals surface area contributed by atoms with Crippen molar-refractivity contribution in [1.29, 1.82) is 0 Å². The SMILES string of the molecule is c1sc(C2CC2)nc1[C@@H]1CCCN1. The largest absolute Gasteiger partial charge is 0.309 e. The van der Waals surface area contributed by atoms with Gasteiger partial charge in [-0.2, -0.15) is 0 Å². The van der Waals surface area contributed by atoms with Gasteiger partial charge in [-0.05, 0) is 32.2 Å². The van der Waals surface area contributed by atoms with Crippen LogP contribution in [0, 0.1) is 0 Å². The van der Waals surface area contributed by atoms with Gasteiger partial charge in [0.2, 0.25) is 0 Å². The second-order valence-electron chi connectivity index (χ2n) is 4.03. The zero-order valence-electron chi connectivity index (χ0n) is 7.62. The molecule has 0 radical (unpaired) electrons. The van der Waals surface area contributed by atoms with Gasteiger partial charge in [0.05, 0.1) is 16.7 Å². The number of nitrogens with one attached hydrogen (secondary N) is 1. The molecule has 1 saturated carbocycles. The fourth-order valence-electron chi connectivity index (χ4n) is 1.92. The van der Waals surface area contributed by atoms with Crippen LogP contribution in [0.15, 0.2) is 5.38 Å². The summed E-state index contributed by atoms with van der Waals surface area (Å²) in [5.74, 6) is 0.820. The van der Waals surface area contributed by atoms with Crippen LogP contribution in [0.25, 0.3) is 0 Å². The molecule has 1 atom stereocenters. The van der Waals surface area contributed by atoms with Crippen molar-refractivity contribution in [3.05, 3.63) is 16.1 Å². The molecule has 0 unspecified atom stereocenters. The first-order valence-corrected chi connectivity index (χ1v) is 6.00. The van der Waals surface area contributed by atoms with E-state index in [4.69, 9.17) is 4.98 Å². The van der Waals surface area contributed by atoms with Crippen LogP contribution < -0.4 is 5.32 Å². The highest BCUT2D eigenvalue weighted by Crippen LogP contribution is 2.42. The predicted octanol–water partition coefficient (Wildman–Crippen LogP) is 2.44. The smallest absolute Gasteiger partial charge is 0.0959 e. The zero-order valence-corrected chi connectivity index (χ0v) is 8.44. The summed E-state index contributed by atoms with van der Waals surface area (Å²) in [6.45, 7) is 1.17. The predicted molar refractivity (Wildman–Crippen MR) is 54.1 cm³/mol. The highest BCUT2D eigenvalue weighted by molar-refractivity contribution is 7.09. The lowest BCUT2D eigenvalue weighted by molar-refractivity contribution is 0.629. The number of hydrogen-bond donors (Lipinski definition) is 1. The maximum Gasteiger partial charge on any atom is 0.0959 e. The lowest BCUT2D eigenvalue weighted by atomic mass is 10.2. The Morgan fingerprint density at radius 3 is 3.00 bits per heavy atom. The Morgan fingerprint density at radius 1 is 1.38 bits per heavy atom. The van der Waals surface area contributed by atoms with Gasteiger partial charge in [-0.1, -0.05) is 0 Å². The molecule has 0 spiro atoms. The third-order valence-electron chi connectivity index (χ3n) is 2.88. The van der Waals surface area contributed by atoms with E-state index in [2.05, 4.69) is 10.7 Å². The summed E-state index contributed by atoms with van der Waals surface area (Å²) in [6, 6.07) is 0.559. The monoisotopic (exact) mass is 194 g/mol. The Labute approximate surface area is 82.4 Å². The van der Waals surface area contributed by atoms with Gasteiger partial charge in [-0.3, -0.25) is 0 Å². The lowest BCUT2D eigenvalue weighted by Gasteiger charge is -2.04. The molecule has 1 aromatic rings. The molecule has 3 heteroatoms. The average molecular weight is 194 g/mol. The number of rotatable bonds is 2. The van der Waals surface area contributed by atoms with E-state index >= 15 is 0 Å². The summed E-state index contributed by atoms with van der Waals surface area (Å²) in [4.78, 5) is 4.71. The minimum atomic E-state index is 0.559. The summed E-state index contributed by atoms with van der Waals surface area (Å²) in [6.07, 6.45) is 5.31. The van der Waals surface area contributed by atoms with Gasteiger partial charge in [0.25, 0.3) is 0 Å². The molecule has 3 rings (SSSR count). The van der Waals surface area contributed by atoms with Gasteiger partial charge >= 0.3 is 0 Å². The van der Waals surface area contributed by atoms with Gasteiger partial charge in [-0.15, -0.1) is 11.3 Å². The third-order valence-corrected chi connectivity index (χ3v) is 3.91. The first-order valence-electron chi connectivity index (χ1n) is 5.12. The molecule has 13 heavy (non-hydrogen) atoms. The molecule has 0 amide bonds. The van der Waals surface area contributed by atoms with Crippen molar-refractivity contribution in [2.24, 2.45) is 0 Å². The molecule has 0 bridgehead atoms. The number of aromatic nitrogens is 1. The van der Waals surface area contributed by atoms with E-state index < -0.39 is 0 Å². The maximum absolute atomic E-state index is 4.71. The van der Waals surface area contributed by atoms with E-state index in [1.807, 2.05) is 11.3 Å². The van der Waals surface area contributed by atoms with Crippen molar-refractivity contribution in [2.45, 2.75) is 37.6 Å². The molecule has 1 N–H and O–H groups in total. The highest BCUT2D eigenvalue weighted by atomic mass is 32.1. The van der Waals surface area contributed by atoms with Crippen LogP contribution in [0.2, 0.25) is 0 Å². The van der Waals surface area contributed by atoms with Gasteiger partial charge < -0.3 is 5.32 Å². The van der Waals surface area contributed by atoms with Crippen molar-refractivity contribution in [2.75, 3.05) is 6.54 Å². The van der Waals surface area contributed by atoms with Crippen LogP contribution in [0.3, 0.4) is 0 Å². The fraction of sp³-hybridized carbons (Fsp3) is 0.700. The first kappa shape index (κ1) is 7.94. The molecule has 0 aromatic carbocycles. The Balaban J connectivity index is 1.79. The maximum atomic E-state index is 4.71. The molecule has 1 aliphatic heterocycles. The second-order valence-corrected chi connectivity index (χ2v) is 4.92. The van der Waals surface area contributed by atoms with Crippen LogP contribution in [0.5, 0.6) is 0 Å². The minimum absolute atomic E-state index is 0.559.